The number of piperidine rings is 1. The normalized spacial score (nSPS) is 18.9. The summed E-state index contributed by atoms with van der Waals surface area (Å²) in [5.74, 6) is 0.0903. The highest BCUT2D eigenvalue weighted by Crippen LogP contribution is 2.20. The summed E-state index contributed by atoms with van der Waals surface area (Å²) in [6, 6.07) is 0. The lowest BCUT2D eigenvalue weighted by atomic mass is 9.98. The number of hydrogen-bond donors (Lipinski definition) is 0. The van der Waals surface area contributed by atoms with Crippen LogP contribution in [0.2, 0.25) is 0 Å². The Morgan fingerprint density at radius 3 is 3.00 bits per heavy atom. The van der Waals surface area contributed by atoms with E-state index in [1.165, 1.54) is 0 Å². The quantitative estimate of drug-likeness (QED) is 0.771. The predicted octanol–water partition coefficient (Wildman–Crippen LogP) is 1.04. The van der Waals surface area contributed by atoms with Crippen molar-refractivity contribution in [2.45, 2.75) is 33.2 Å². The molecule has 2 rings (SSSR count). The van der Waals surface area contributed by atoms with Gasteiger partial charge in [-0.1, -0.05) is 0 Å². The van der Waals surface area contributed by atoms with E-state index in [4.69, 9.17) is 4.74 Å². The van der Waals surface area contributed by atoms with Crippen molar-refractivity contribution in [1.29, 1.82) is 0 Å². The molecule has 0 bridgehead atoms. The maximum Gasteiger partial charge on any atom is 0.310 e. The third kappa shape index (κ3) is 3.00. The minimum Gasteiger partial charge on any atom is -0.466 e. The molecule has 0 aromatic carbocycles. The van der Waals surface area contributed by atoms with Crippen molar-refractivity contribution >= 4 is 11.8 Å². The van der Waals surface area contributed by atoms with Gasteiger partial charge in [0.15, 0.2) is 5.82 Å². The van der Waals surface area contributed by atoms with Gasteiger partial charge in [-0.3, -0.25) is 9.59 Å². The van der Waals surface area contributed by atoms with Gasteiger partial charge in [0.25, 0.3) is 5.56 Å². The van der Waals surface area contributed by atoms with Crippen molar-refractivity contribution in [3.05, 3.63) is 22.7 Å². The Labute approximate surface area is 118 Å². The van der Waals surface area contributed by atoms with E-state index in [-0.39, 0.29) is 17.4 Å². The van der Waals surface area contributed by atoms with Crippen LogP contribution in [0, 0.1) is 5.92 Å². The number of aryl methyl sites for hydroxylation is 1. The molecular formula is C14H21N3O3. The SMILES string of the molecule is CCOC(=O)C1CCCN(c2nccn(CC)c2=O)C1. The standard InChI is InChI=1S/C14H21N3O3/c1-3-16-9-7-15-12(13(16)18)17-8-5-6-11(10-17)14(19)20-4-2/h7,9,11H,3-6,8,10H2,1-2H3. The number of nitrogens with zero attached hydrogens (tertiary/aromatic N) is 3. The average Bonchev–Trinajstić information content (AvgIpc) is 2.48. The maximum atomic E-state index is 12.2. The number of aromatic nitrogens is 2. The summed E-state index contributed by atoms with van der Waals surface area (Å²) in [7, 11) is 0. The molecule has 0 spiro atoms. The molecule has 6 heteroatoms. The molecule has 6 nitrogen and oxygen atoms in total. The first kappa shape index (κ1) is 14.6. The van der Waals surface area contributed by atoms with Crippen molar-refractivity contribution < 1.29 is 9.53 Å². The summed E-state index contributed by atoms with van der Waals surface area (Å²) in [6.07, 6.45) is 4.99. The number of anilines is 1. The van der Waals surface area contributed by atoms with Gasteiger partial charge < -0.3 is 14.2 Å². The monoisotopic (exact) mass is 279 g/mol. The largest absolute Gasteiger partial charge is 0.466 e. The van der Waals surface area contributed by atoms with Gasteiger partial charge in [0.1, 0.15) is 0 Å². The lowest BCUT2D eigenvalue weighted by Gasteiger charge is -2.31. The number of carbonyl (C=O) groups is 1. The Morgan fingerprint density at radius 2 is 2.30 bits per heavy atom. The molecule has 1 aromatic heterocycles. The minimum atomic E-state index is -0.177. The zero-order chi connectivity index (χ0) is 14.5. The van der Waals surface area contributed by atoms with Crippen molar-refractivity contribution in [2.75, 3.05) is 24.6 Å². The molecule has 1 aliphatic rings. The summed E-state index contributed by atoms with van der Waals surface area (Å²) in [4.78, 5) is 30.2. The Hall–Kier alpha value is -1.85. The first-order valence-electron chi connectivity index (χ1n) is 7.14. The smallest absolute Gasteiger partial charge is 0.310 e. The second kappa shape index (κ2) is 6.54. The summed E-state index contributed by atoms with van der Waals surface area (Å²) in [5, 5.41) is 0. The highest BCUT2D eigenvalue weighted by Gasteiger charge is 2.28. The van der Waals surface area contributed by atoms with Crippen LogP contribution in [-0.4, -0.2) is 35.2 Å². The lowest BCUT2D eigenvalue weighted by molar-refractivity contribution is -0.148. The minimum absolute atomic E-state index is 0.0977. The van der Waals surface area contributed by atoms with Crippen LogP contribution in [0.5, 0.6) is 0 Å². The van der Waals surface area contributed by atoms with Crippen LogP contribution < -0.4 is 10.5 Å². The zero-order valence-corrected chi connectivity index (χ0v) is 12.0. The zero-order valence-electron chi connectivity index (χ0n) is 12.0. The van der Waals surface area contributed by atoms with Gasteiger partial charge in [-0.25, -0.2) is 4.98 Å². The summed E-state index contributed by atoms with van der Waals surface area (Å²) >= 11 is 0. The van der Waals surface area contributed by atoms with Crippen LogP contribution in [0.3, 0.4) is 0 Å². The van der Waals surface area contributed by atoms with Gasteiger partial charge in [-0.05, 0) is 26.7 Å². The number of rotatable bonds is 4. The third-order valence-corrected chi connectivity index (χ3v) is 3.58. The molecule has 20 heavy (non-hydrogen) atoms. The fraction of sp³-hybridized carbons (Fsp3) is 0.643. The summed E-state index contributed by atoms with van der Waals surface area (Å²) in [6.45, 7) is 5.99. The third-order valence-electron chi connectivity index (χ3n) is 3.58. The molecule has 0 aliphatic carbocycles. The van der Waals surface area contributed by atoms with E-state index in [2.05, 4.69) is 4.98 Å². The Morgan fingerprint density at radius 1 is 1.50 bits per heavy atom. The van der Waals surface area contributed by atoms with E-state index in [9.17, 15) is 9.59 Å². The Bertz CT molecular complexity index is 527. The molecule has 1 fully saturated rings. The van der Waals surface area contributed by atoms with E-state index in [0.29, 0.717) is 25.5 Å². The van der Waals surface area contributed by atoms with Crippen LogP contribution in [0.4, 0.5) is 5.82 Å². The van der Waals surface area contributed by atoms with Crippen LogP contribution in [0.15, 0.2) is 17.2 Å². The fourth-order valence-corrected chi connectivity index (χ4v) is 2.52. The van der Waals surface area contributed by atoms with Gasteiger partial charge in [0.2, 0.25) is 0 Å². The summed E-state index contributed by atoms with van der Waals surface area (Å²) in [5.41, 5.74) is -0.0977. The first-order valence-corrected chi connectivity index (χ1v) is 7.14. The highest BCUT2D eigenvalue weighted by molar-refractivity contribution is 5.73. The maximum absolute atomic E-state index is 12.2. The van der Waals surface area contributed by atoms with Crippen molar-refractivity contribution in [2.24, 2.45) is 5.92 Å². The van der Waals surface area contributed by atoms with Gasteiger partial charge in [-0.15, -0.1) is 0 Å². The molecule has 0 amide bonds. The molecule has 0 radical (unpaired) electrons. The predicted molar refractivity (Wildman–Crippen MR) is 75.7 cm³/mol. The fourth-order valence-electron chi connectivity index (χ4n) is 2.52. The molecule has 1 aromatic rings. The van der Waals surface area contributed by atoms with Gasteiger partial charge in [0.05, 0.1) is 12.5 Å². The lowest BCUT2D eigenvalue weighted by Crippen LogP contribution is -2.43. The molecule has 1 saturated heterocycles. The van der Waals surface area contributed by atoms with Crippen molar-refractivity contribution in [3.63, 3.8) is 0 Å². The summed E-state index contributed by atoms with van der Waals surface area (Å²) < 4.78 is 6.69. The molecule has 1 aliphatic heterocycles. The number of ether oxygens (including phenoxy) is 1. The Kier molecular flexibility index (Phi) is 4.76. The molecule has 0 saturated carbocycles. The highest BCUT2D eigenvalue weighted by atomic mass is 16.5. The first-order chi connectivity index (χ1) is 9.67. The molecule has 1 unspecified atom stereocenters. The number of esters is 1. The van der Waals surface area contributed by atoms with E-state index in [1.807, 2.05) is 11.8 Å². The van der Waals surface area contributed by atoms with E-state index < -0.39 is 0 Å². The average molecular weight is 279 g/mol. The molecule has 2 heterocycles. The van der Waals surface area contributed by atoms with E-state index >= 15 is 0 Å². The Balaban J connectivity index is 2.17. The van der Waals surface area contributed by atoms with Crippen LogP contribution >= 0.6 is 0 Å². The van der Waals surface area contributed by atoms with Crippen LogP contribution in [0.1, 0.15) is 26.7 Å². The van der Waals surface area contributed by atoms with Crippen LogP contribution in [-0.2, 0) is 16.1 Å². The topological polar surface area (TPSA) is 64.4 Å². The van der Waals surface area contributed by atoms with E-state index in [0.717, 1.165) is 19.4 Å². The second-order valence-corrected chi connectivity index (χ2v) is 4.88. The number of hydrogen-bond acceptors (Lipinski definition) is 5. The van der Waals surface area contributed by atoms with Gasteiger partial charge >= 0.3 is 5.97 Å². The van der Waals surface area contributed by atoms with Crippen molar-refractivity contribution in [1.82, 2.24) is 9.55 Å². The van der Waals surface area contributed by atoms with Crippen LogP contribution in [0.25, 0.3) is 0 Å². The van der Waals surface area contributed by atoms with Gasteiger partial charge in [0, 0.05) is 32.0 Å². The molecule has 0 N–H and O–H groups in total. The van der Waals surface area contributed by atoms with Gasteiger partial charge in [-0.2, -0.15) is 0 Å². The molecule has 110 valence electrons. The number of carbonyl (C=O) groups excluding carboxylic acids is 1. The molecular weight excluding hydrogens is 258 g/mol. The van der Waals surface area contributed by atoms with Crippen molar-refractivity contribution in [3.8, 4) is 0 Å². The second-order valence-electron chi connectivity index (χ2n) is 4.88. The molecule has 1 atom stereocenters. The van der Waals surface area contributed by atoms with E-state index in [1.54, 1.807) is 23.9 Å².